The summed E-state index contributed by atoms with van der Waals surface area (Å²) in [5, 5.41) is 13.7. The number of alkyl halides is 2. The first-order chi connectivity index (χ1) is 7.07. The number of rotatable bonds is 5. The van der Waals surface area contributed by atoms with Crippen molar-refractivity contribution in [3.63, 3.8) is 0 Å². The molecule has 0 aromatic carbocycles. The molecular formula is C9H13F2N3O. The first kappa shape index (κ1) is 11.6. The minimum Gasteiger partial charge on any atom is -0.390 e. The van der Waals surface area contributed by atoms with Gasteiger partial charge in [0.1, 0.15) is 6.61 Å². The van der Waals surface area contributed by atoms with Crippen LogP contribution in [0.5, 0.6) is 0 Å². The van der Waals surface area contributed by atoms with Gasteiger partial charge in [-0.05, 0) is 6.07 Å². The molecule has 0 saturated carbocycles. The number of nitrogens with one attached hydrogen (secondary N) is 2. The van der Waals surface area contributed by atoms with Gasteiger partial charge in [0.2, 0.25) is 0 Å². The summed E-state index contributed by atoms with van der Waals surface area (Å²) >= 11 is 0. The smallest absolute Gasteiger partial charge is 0.287 e. The van der Waals surface area contributed by atoms with Crippen molar-refractivity contribution in [3.8, 4) is 0 Å². The van der Waals surface area contributed by atoms with Crippen LogP contribution >= 0.6 is 0 Å². The van der Waals surface area contributed by atoms with Crippen molar-refractivity contribution in [3.05, 3.63) is 18.5 Å². The summed E-state index contributed by atoms with van der Waals surface area (Å²) in [6.45, 7) is -1.78. The van der Waals surface area contributed by atoms with Crippen LogP contribution in [0.2, 0.25) is 0 Å². The lowest BCUT2D eigenvalue weighted by molar-refractivity contribution is -0.0372. The lowest BCUT2D eigenvalue weighted by atomic mass is 10.3. The van der Waals surface area contributed by atoms with E-state index in [1.165, 1.54) is 6.20 Å². The van der Waals surface area contributed by atoms with E-state index in [9.17, 15) is 8.78 Å². The Morgan fingerprint density at radius 1 is 1.40 bits per heavy atom. The van der Waals surface area contributed by atoms with Gasteiger partial charge >= 0.3 is 0 Å². The second-order valence-electron chi connectivity index (χ2n) is 3.08. The van der Waals surface area contributed by atoms with Crippen LogP contribution in [-0.2, 0) is 0 Å². The Labute approximate surface area is 86.3 Å². The van der Waals surface area contributed by atoms with E-state index in [1.54, 1.807) is 19.3 Å². The lowest BCUT2D eigenvalue weighted by Crippen LogP contribution is -2.31. The average Bonchev–Trinajstić information content (AvgIpc) is 2.27. The van der Waals surface area contributed by atoms with Crippen molar-refractivity contribution in [2.75, 3.05) is 30.8 Å². The third-order valence-electron chi connectivity index (χ3n) is 1.81. The van der Waals surface area contributed by atoms with E-state index in [-0.39, 0.29) is 0 Å². The number of hydrogen-bond donors (Lipinski definition) is 3. The van der Waals surface area contributed by atoms with Crippen molar-refractivity contribution < 1.29 is 13.9 Å². The van der Waals surface area contributed by atoms with Gasteiger partial charge in [-0.3, -0.25) is 4.98 Å². The molecule has 0 aliphatic carbocycles. The largest absolute Gasteiger partial charge is 0.390 e. The molecule has 3 N–H and O–H groups in total. The predicted octanol–water partition coefficient (Wildman–Crippen LogP) is 1.16. The van der Waals surface area contributed by atoms with E-state index in [0.29, 0.717) is 5.69 Å². The van der Waals surface area contributed by atoms with Gasteiger partial charge in [-0.25, -0.2) is 8.78 Å². The Morgan fingerprint density at radius 2 is 2.07 bits per heavy atom. The maximum absolute atomic E-state index is 12.7. The van der Waals surface area contributed by atoms with Crippen molar-refractivity contribution in [2.24, 2.45) is 0 Å². The zero-order valence-electron chi connectivity index (χ0n) is 8.30. The number of aliphatic hydroxyl groups is 1. The molecule has 0 saturated heterocycles. The van der Waals surface area contributed by atoms with E-state index in [1.807, 2.05) is 0 Å². The number of anilines is 2. The number of pyridine rings is 1. The maximum Gasteiger partial charge on any atom is 0.287 e. The molecule has 4 nitrogen and oxygen atoms in total. The van der Waals surface area contributed by atoms with Crippen molar-refractivity contribution in [1.29, 1.82) is 0 Å². The first-order valence-corrected chi connectivity index (χ1v) is 4.43. The van der Waals surface area contributed by atoms with Gasteiger partial charge in [0.15, 0.2) is 0 Å². The number of hydrogen-bond acceptors (Lipinski definition) is 4. The molecule has 0 radical (unpaired) electrons. The second kappa shape index (κ2) is 4.88. The van der Waals surface area contributed by atoms with E-state index in [2.05, 4.69) is 15.6 Å². The van der Waals surface area contributed by atoms with E-state index in [0.717, 1.165) is 5.69 Å². The summed E-state index contributed by atoms with van der Waals surface area (Å²) in [6, 6.07) is 1.65. The second-order valence-corrected chi connectivity index (χ2v) is 3.08. The highest BCUT2D eigenvalue weighted by Gasteiger charge is 2.27. The Bertz CT molecular complexity index is 320. The highest BCUT2D eigenvalue weighted by Crippen LogP contribution is 2.16. The quantitative estimate of drug-likeness (QED) is 0.692. The molecule has 0 unspecified atom stereocenters. The molecular weight excluding hydrogens is 204 g/mol. The van der Waals surface area contributed by atoms with Crippen LogP contribution in [0, 0.1) is 0 Å². The standard InChI is InChI=1S/C9H13F2N3O/c1-12-7-2-8(4-13-3-7)14-5-9(10,11)6-15/h2-4,12,14-15H,5-6H2,1H3. The molecule has 1 aromatic heterocycles. The van der Waals surface area contributed by atoms with Crippen LogP contribution < -0.4 is 10.6 Å². The molecule has 0 amide bonds. The fourth-order valence-corrected chi connectivity index (χ4v) is 0.961. The molecule has 0 fully saturated rings. The first-order valence-electron chi connectivity index (χ1n) is 4.43. The van der Waals surface area contributed by atoms with E-state index in [4.69, 9.17) is 5.11 Å². The van der Waals surface area contributed by atoms with Gasteiger partial charge < -0.3 is 15.7 Å². The molecule has 0 spiro atoms. The Balaban J connectivity index is 2.57. The van der Waals surface area contributed by atoms with Crippen molar-refractivity contribution in [2.45, 2.75) is 5.92 Å². The highest BCUT2D eigenvalue weighted by atomic mass is 19.3. The topological polar surface area (TPSA) is 57.2 Å². The fraction of sp³-hybridized carbons (Fsp3) is 0.444. The molecule has 6 heteroatoms. The molecule has 0 aliphatic heterocycles. The monoisotopic (exact) mass is 217 g/mol. The van der Waals surface area contributed by atoms with Gasteiger partial charge in [0, 0.05) is 7.05 Å². The molecule has 84 valence electrons. The average molecular weight is 217 g/mol. The van der Waals surface area contributed by atoms with E-state index < -0.39 is 19.1 Å². The number of aromatic nitrogens is 1. The third kappa shape index (κ3) is 3.67. The van der Waals surface area contributed by atoms with Crippen molar-refractivity contribution >= 4 is 11.4 Å². The predicted molar refractivity (Wildman–Crippen MR) is 54.3 cm³/mol. The Morgan fingerprint density at radius 3 is 2.67 bits per heavy atom. The van der Waals surface area contributed by atoms with Crippen LogP contribution in [0.4, 0.5) is 20.2 Å². The third-order valence-corrected chi connectivity index (χ3v) is 1.81. The van der Waals surface area contributed by atoms with E-state index >= 15 is 0 Å². The molecule has 1 aromatic rings. The van der Waals surface area contributed by atoms with Gasteiger partial charge in [-0.15, -0.1) is 0 Å². The normalized spacial score (nSPS) is 11.2. The summed E-state index contributed by atoms with van der Waals surface area (Å²) in [6.07, 6.45) is 3.02. The summed E-state index contributed by atoms with van der Waals surface area (Å²) in [4.78, 5) is 3.85. The number of aliphatic hydroxyl groups excluding tert-OH is 1. The zero-order chi connectivity index (χ0) is 11.3. The van der Waals surface area contributed by atoms with Gasteiger partial charge in [0.05, 0.1) is 30.3 Å². The van der Waals surface area contributed by atoms with Crippen LogP contribution in [0.1, 0.15) is 0 Å². The van der Waals surface area contributed by atoms with Gasteiger partial charge in [0.25, 0.3) is 5.92 Å². The molecule has 0 aliphatic rings. The number of nitrogens with zero attached hydrogens (tertiary/aromatic N) is 1. The summed E-state index contributed by atoms with van der Waals surface area (Å²) in [5.41, 5.74) is 1.21. The van der Waals surface area contributed by atoms with Crippen LogP contribution in [0.3, 0.4) is 0 Å². The molecule has 0 bridgehead atoms. The SMILES string of the molecule is CNc1cncc(NCC(F)(F)CO)c1. The molecule has 1 heterocycles. The van der Waals surface area contributed by atoms with Gasteiger partial charge in [-0.1, -0.05) is 0 Å². The Kier molecular flexibility index (Phi) is 3.79. The van der Waals surface area contributed by atoms with Crippen LogP contribution in [0.15, 0.2) is 18.5 Å². The summed E-state index contributed by atoms with van der Waals surface area (Å²) in [7, 11) is 1.71. The molecule has 1 rings (SSSR count). The molecule has 0 atom stereocenters. The zero-order valence-corrected chi connectivity index (χ0v) is 8.30. The highest BCUT2D eigenvalue weighted by molar-refractivity contribution is 5.53. The summed E-state index contributed by atoms with van der Waals surface area (Å²) in [5.74, 6) is -3.12. The Hall–Kier alpha value is -1.43. The van der Waals surface area contributed by atoms with Crippen molar-refractivity contribution in [1.82, 2.24) is 4.98 Å². The minimum absolute atomic E-state index is 0.481. The fourth-order valence-electron chi connectivity index (χ4n) is 0.961. The minimum atomic E-state index is -3.12. The summed E-state index contributed by atoms with van der Waals surface area (Å²) < 4.78 is 25.3. The maximum atomic E-state index is 12.7. The molecule has 15 heavy (non-hydrogen) atoms. The van der Waals surface area contributed by atoms with Gasteiger partial charge in [-0.2, -0.15) is 0 Å². The lowest BCUT2D eigenvalue weighted by Gasteiger charge is -2.14. The van der Waals surface area contributed by atoms with Crippen LogP contribution in [0.25, 0.3) is 0 Å². The van der Waals surface area contributed by atoms with Crippen LogP contribution in [-0.4, -0.2) is 36.2 Å². The number of halogens is 2.